The number of rotatable bonds is 2. The first-order valence-electron chi connectivity index (χ1n) is 3.96. The molecule has 1 aromatic carbocycles. The predicted octanol–water partition coefficient (Wildman–Crippen LogP) is 1.04. The summed E-state index contributed by atoms with van der Waals surface area (Å²) in [6.45, 7) is 0. The predicted molar refractivity (Wildman–Crippen MR) is 49.5 cm³/mol. The van der Waals surface area contributed by atoms with Crippen molar-refractivity contribution in [3.05, 3.63) is 34.9 Å². The maximum absolute atomic E-state index is 11.2. The molecule has 0 aliphatic carbocycles. The fraction of sp³-hybridized carbons (Fsp3) is 0.100. The van der Waals surface area contributed by atoms with E-state index in [9.17, 15) is 9.59 Å². The van der Waals surface area contributed by atoms with Crippen LogP contribution in [0, 0.1) is 11.3 Å². The van der Waals surface area contributed by atoms with Crippen molar-refractivity contribution in [2.45, 2.75) is 0 Å². The molecule has 0 bridgehead atoms. The van der Waals surface area contributed by atoms with E-state index in [-0.39, 0.29) is 16.7 Å². The maximum atomic E-state index is 11.2. The molecule has 0 heterocycles. The second-order valence-corrected chi connectivity index (χ2v) is 2.67. The van der Waals surface area contributed by atoms with Crippen molar-refractivity contribution in [1.82, 2.24) is 0 Å². The molecule has 15 heavy (non-hydrogen) atoms. The minimum Gasteiger partial charge on any atom is -0.478 e. The average molecular weight is 205 g/mol. The number of carboxylic acids is 1. The van der Waals surface area contributed by atoms with Crippen LogP contribution < -0.4 is 0 Å². The van der Waals surface area contributed by atoms with Gasteiger partial charge in [-0.3, -0.25) is 0 Å². The van der Waals surface area contributed by atoms with Crippen LogP contribution in [0.25, 0.3) is 0 Å². The Hall–Kier alpha value is -2.35. The van der Waals surface area contributed by atoms with E-state index < -0.39 is 11.9 Å². The average Bonchev–Trinajstić information content (AvgIpc) is 2.27. The molecule has 1 rings (SSSR count). The number of methoxy groups -OCH3 is 1. The first-order chi connectivity index (χ1) is 7.10. The number of nitrogens with zero attached hydrogens (tertiary/aromatic N) is 1. The van der Waals surface area contributed by atoms with E-state index in [1.165, 1.54) is 19.2 Å². The summed E-state index contributed by atoms with van der Waals surface area (Å²) in [7, 11) is 1.19. The molecule has 0 aliphatic rings. The molecule has 5 heteroatoms. The normalized spacial score (nSPS) is 9.07. The standard InChI is InChI=1S/C10H7NO4/c1-15-10(14)8-3-2-6(9(12)13)4-7(8)5-11/h2-4H,1H3,(H,12,13). The van der Waals surface area contributed by atoms with Crippen LogP contribution in [0.2, 0.25) is 0 Å². The molecular weight excluding hydrogens is 198 g/mol. The van der Waals surface area contributed by atoms with Crippen LogP contribution in [0.5, 0.6) is 0 Å². The van der Waals surface area contributed by atoms with Crippen molar-refractivity contribution in [3.63, 3.8) is 0 Å². The summed E-state index contributed by atoms with van der Waals surface area (Å²) in [6, 6.07) is 5.38. The molecule has 5 nitrogen and oxygen atoms in total. The number of hydrogen-bond donors (Lipinski definition) is 1. The Kier molecular flexibility index (Phi) is 3.03. The van der Waals surface area contributed by atoms with Gasteiger partial charge in [0.2, 0.25) is 0 Å². The van der Waals surface area contributed by atoms with Crippen LogP contribution in [0.3, 0.4) is 0 Å². The van der Waals surface area contributed by atoms with Crippen LogP contribution in [-0.4, -0.2) is 24.2 Å². The molecule has 0 aromatic heterocycles. The first kappa shape index (κ1) is 10.7. The molecule has 0 spiro atoms. The molecule has 0 fully saturated rings. The van der Waals surface area contributed by atoms with Crippen LogP contribution in [0.4, 0.5) is 0 Å². The van der Waals surface area contributed by atoms with E-state index in [1.54, 1.807) is 6.07 Å². The number of esters is 1. The third-order valence-electron chi connectivity index (χ3n) is 1.79. The summed E-state index contributed by atoms with van der Waals surface area (Å²) < 4.78 is 4.44. The highest BCUT2D eigenvalue weighted by molar-refractivity contribution is 5.95. The third kappa shape index (κ3) is 2.11. The monoisotopic (exact) mass is 205 g/mol. The number of aromatic carboxylic acids is 1. The minimum absolute atomic E-state index is 0.0123. The Morgan fingerprint density at radius 1 is 1.47 bits per heavy atom. The third-order valence-corrected chi connectivity index (χ3v) is 1.79. The van der Waals surface area contributed by atoms with Crippen LogP contribution >= 0.6 is 0 Å². The second kappa shape index (κ2) is 4.24. The summed E-state index contributed by atoms with van der Waals surface area (Å²) in [5.41, 5.74) is 0.00551. The topological polar surface area (TPSA) is 87.4 Å². The van der Waals surface area contributed by atoms with Gasteiger partial charge >= 0.3 is 11.9 Å². The fourth-order valence-electron chi connectivity index (χ4n) is 1.06. The zero-order valence-electron chi connectivity index (χ0n) is 7.85. The van der Waals surface area contributed by atoms with E-state index in [2.05, 4.69) is 4.74 Å². The van der Waals surface area contributed by atoms with Gasteiger partial charge in [0.1, 0.15) is 6.07 Å². The molecule has 0 radical (unpaired) electrons. The van der Waals surface area contributed by atoms with E-state index in [0.29, 0.717) is 0 Å². The van der Waals surface area contributed by atoms with Crippen molar-refractivity contribution in [1.29, 1.82) is 5.26 Å². The maximum Gasteiger partial charge on any atom is 0.339 e. The molecular formula is C10H7NO4. The van der Waals surface area contributed by atoms with Crippen molar-refractivity contribution in [2.24, 2.45) is 0 Å². The summed E-state index contributed by atoms with van der Waals surface area (Å²) in [4.78, 5) is 21.7. The van der Waals surface area contributed by atoms with Gasteiger partial charge in [-0.15, -0.1) is 0 Å². The van der Waals surface area contributed by atoms with Gasteiger partial charge in [-0.2, -0.15) is 5.26 Å². The zero-order valence-corrected chi connectivity index (χ0v) is 7.85. The van der Waals surface area contributed by atoms with Crippen molar-refractivity contribution >= 4 is 11.9 Å². The number of nitriles is 1. The van der Waals surface area contributed by atoms with Gasteiger partial charge in [0.25, 0.3) is 0 Å². The Morgan fingerprint density at radius 3 is 2.60 bits per heavy atom. The number of benzene rings is 1. The summed E-state index contributed by atoms with van der Waals surface area (Å²) in [5.74, 6) is -1.81. The summed E-state index contributed by atoms with van der Waals surface area (Å²) in [5, 5.41) is 17.4. The quantitative estimate of drug-likeness (QED) is 0.729. The van der Waals surface area contributed by atoms with Gasteiger partial charge in [-0.05, 0) is 18.2 Å². The highest BCUT2D eigenvalue weighted by Gasteiger charge is 2.14. The lowest BCUT2D eigenvalue weighted by Gasteiger charge is -2.02. The van der Waals surface area contributed by atoms with Gasteiger partial charge in [0.05, 0.1) is 23.8 Å². The van der Waals surface area contributed by atoms with E-state index in [1.807, 2.05) is 0 Å². The Labute approximate surface area is 85.5 Å². The molecule has 1 aromatic rings. The number of ether oxygens (including phenoxy) is 1. The highest BCUT2D eigenvalue weighted by atomic mass is 16.5. The number of carboxylic acid groups (broad SMARTS) is 1. The van der Waals surface area contributed by atoms with Crippen LogP contribution in [0.1, 0.15) is 26.3 Å². The van der Waals surface area contributed by atoms with Gasteiger partial charge in [-0.1, -0.05) is 0 Å². The minimum atomic E-state index is -1.15. The van der Waals surface area contributed by atoms with E-state index in [4.69, 9.17) is 10.4 Å². The van der Waals surface area contributed by atoms with Crippen molar-refractivity contribution < 1.29 is 19.4 Å². The number of carbonyl (C=O) groups is 2. The summed E-state index contributed by atoms with van der Waals surface area (Å²) >= 11 is 0. The molecule has 76 valence electrons. The first-order valence-corrected chi connectivity index (χ1v) is 3.96. The van der Waals surface area contributed by atoms with Gasteiger partial charge in [-0.25, -0.2) is 9.59 Å². The molecule has 0 atom stereocenters. The van der Waals surface area contributed by atoms with Gasteiger partial charge in [0.15, 0.2) is 0 Å². The van der Waals surface area contributed by atoms with Gasteiger partial charge in [0, 0.05) is 0 Å². The molecule has 0 amide bonds. The van der Waals surface area contributed by atoms with Gasteiger partial charge < -0.3 is 9.84 Å². The number of carbonyl (C=O) groups excluding carboxylic acids is 1. The molecule has 1 N–H and O–H groups in total. The lowest BCUT2D eigenvalue weighted by Crippen LogP contribution is -2.06. The van der Waals surface area contributed by atoms with Crippen LogP contribution in [0.15, 0.2) is 18.2 Å². The van der Waals surface area contributed by atoms with Crippen molar-refractivity contribution in [2.75, 3.05) is 7.11 Å². The molecule has 0 unspecified atom stereocenters. The van der Waals surface area contributed by atoms with E-state index >= 15 is 0 Å². The summed E-state index contributed by atoms with van der Waals surface area (Å²) in [6.07, 6.45) is 0. The van der Waals surface area contributed by atoms with Crippen molar-refractivity contribution in [3.8, 4) is 6.07 Å². The fourth-order valence-corrected chi connectivity index (χ4v) is 1.06. The Bertz CT molecular complexity index is 459. The molecule has 0 aliphatic heterocycles. The smallest absolute Gasteiger partial charge is 0.339 e. The lowest BCUT2D eigenvalue weighted by molar-refractivity contribution is 0.0598. The lowest BCUT2D eigenvalue weighted by atomic mass is 10.1. The zero-order chi connectivity index (χ0) is 11.4. The highest BCUT2D eigenvalue weighted by Crippen LogP contribution is 2.12. The Balaban J connectivity index is 3.28. The number of hydrogen-bond acceptors (Lipinski definition) is 4. The SMILES string of the molecule is COC(=O)c1ccc(C(=O)O)cc1C#N. The molecule has 0 saturated heterocycles. The van der Waals surface area contributed by atoms with Crippen LogP contribution in [-0.2, 0) is 4.74 Å². The largest absolute Gasteiger partial charge is 0.478 e. The van der Waals surface area contributed by atoms with E-state index in [0.717, 1.165) is 6.07 Å². The second-order valence-electron chi connectivity index (χ2n) is 2.67. The Morgan fingerprint density at radius 2 is 2.13 bits per heavy atom. The molecule has 0 saturated carbocycles.